The summed E-state index contributed by atoms with van der Waals surface area (Å²) in [5.74, 6) is -0.459. The lowest BCUT2D eigenvalue weighted by Crippen LogP contribution is -2.25. The van der Waals surface area contributed by atoms with Crippen LogP contribution in [0.2, 0.25) is 0 Å². The molecule has 1 aromatic carbocycles. The van der Waals surface area contributed by atoms with Crippen molar-refractivity contribution in [2.75, 3.05) is 0 Å². The molecule has 1 aromatic rings. The lowest BCUT2D eigenvalue weighted by molar-refractivity contribution is -0.140. The van der Waals surface area contributed by atoms with E-state index in [-0.39, 0.29) is 17.8 Å². The molecule has 3 nitrogen and oxygen atoms in total. The zero-order valence-corrected chi connectivity index (χ0v) is 13.4. The van der Waals surface area contributed by atoms with Crippen molar-refractivity contribution < 1.29 is 13.9 Å². The summed E-state index contributed by atoms with van der Waals surface area (Å²) in [5.41, 5.74) is 1.24. The molecule has 0 N–H and O–H groups in total. The van der Waals surface area contributed by atoms with E-state index < -0.39 is 5.83 Å². The number of esters is 1. The molecule has 0 radical (unpaired) electrons. The first-order valence-electron chi connectivity index (χ1n) is 8.20. The fourth-order valence-corrected chi connectivity index (χ4v) is 2.98. The van der Waals surface area contributed by atoms with Crippen LogP contribution in [-0.4, -0.2) is 5.97 Å². The Balaban J connectivity index is 1.84. The number of ether oxygens (including phenoxy) is 1. The molecule has 0 saturated heterocycles. The van der Waals surface area contributed by atoms with Crippen LogP contribution < -0.4 is 4.74 Å². The summed E-state index contributed by atoms with van der Waals surface area (Å²) < 4.78 is 18.4. The van der Waals surface area contributed by atoms with Gasteiger partial charge >= 0.3 is 5.97 Å². The quantitative estimate of drug-likeness (QED) is 0.448. The highest BCUT2D eigenvalue weighted by Gasteiger charge is 2.27. The van der Waals surface area contributed by atoms with E-state index in [1.807, 2.05) is 24.3 Å². The van der Waals surface area contributed by atoms with Gasteiger partial charge in [0.15, 0.2) is 5.83 Å². The van der Waals surface area contributed by atoms with E-state index in [1.165, 1.54) is 17.7 Å². The zero-order valence-electron chi connectivity index (χ0n) is 13.4. The van der Waals surface area contributed by atoms with Crippen LogP contribution in [-0.2, 0) is 11.2 Å². The van der Waals surface area contributed by atoms with Crippen LogP contribution in [0.25, 0.3) is 0 Å². The molecule has 0 aliphatic heterocycles. The summed E-state index contributed by atoms with van der Waals surface area (Å²) in [7, 11) is 0. The Labute approximate surface area is 136 Å². The van der Waals surface area contributed by atoms with Gasteiger partial charge in [-0.25, -0.2) is 0 Å². The van der Waals surface area contributed by atoms with Crippen molar-refractivity contribution in [3.8, 4) is 11.8 Å². The lowest BCUT2D eigenvalue weighted by Gasteiger charge is -2.25. The summed E-state index contributed by atoms with van der Waals surface area (Å²) >= 11 is 0. The molecule has 0 amide bonds. The number of hydrogen-bond donors (Lipinski definition) is 0. The fraction of sp³-hybridized carbons (Fsp3) is 0.474. The Kier molecular flexibility index (Phi) is 6.34. The third-order valence-electron chi connectivity index (χ3n) is 4.27. The average Bonchev–Trinajstić information content (AvgIpc) is 2.57. The van der Waals surface area contributed by atoms with Gasteiger partial charge in [-0.3, -0.25) is 4.79 Å². The third kappa shape index (κ3) is 5.21. The normalized spacial score (nSPS) is 21.5. The number of rotatable bonds is 5. The van der Waals surface area contributed by atoms with Crippen LogP contribution in [0, 0.1) is 23.2 Å². The van der Waals surface area contributed by atoms with Crippen molar-refractivity contribution in [3.63, 3.8) is 0 Å². The second-order valence-electron chi connectivity index (χ2n) is 6.05. The monoisotopic (exact) mass is 315 g/mol. The number of benzene rings is 1. The Morgan fingerprint density at radius 3 is 2.52 bits per heavy atom. The van der Waals surface area contributed by atoms with Gasteiger partial charge < -0.3 is 4.74 Å². The van der Waals surface area contributed by atoms with E-state index in [1.54, 1.807) is 0 Å². The molecule has 0 unspecified atom stereocenters. The summed E-state index contributed by atoms with van der Waals surface area (Å²) in [5, 5.41) is 8.46. The highest BCUT2D eigenvalue weighted by Crippen LogP contribution is 2.31. The molecule has 2 rings (SSSR count). The second kappa shape index (κ2) is 8.47. The van der Waals surface area contributed by atoms with Gasteiger partial charge in [-0.15, -0.1) is 0 Å². The maximum atomic E-state index is 13.0. The van der Waals surface area contributed by atoms with Gasteiger partial charge in [-0.05, 0) is 61.8 Å². The Morgan fingerprint density at radius 2 is 1.96 bits per heavy atom. The number of nitriles is 1. The maximum absolute atomic E-state index is 13.0. The Hall–Kier alpha value is -2.15. The Morgan fingerprint density at radius 1 is 1.30 bits per heavy atom. The predicted octanol–water partition coefficient (Wildman–Crippen LogP) is 4.73. The molecular weight excluding hydrogens is 293 g/mol. The molecule has 23 heavy (non-hydrogen) atoms. The minimum absolute atomic E-state index is 0.0482. The van der Waals surface area contributed by atoms with Crippen molar-refractivity contribution in [1.82, 2.24) is 0 Å². The summed E-state index contributed by atoms with van der Waals surface area (Å²) in [6, 6.07) is 9.13. The molecule has 0 spiro atoms. The molecule has 0 atom stereocenters. The highest BCUT2D eigenvalue weighted by atomic mass is 19.1. The number of carbonyl (C=O) groups is 1. The van der Waals surface area contributed by atoms with Gasteiger partial charge in [0.2, 0.25) is 0 Å². The molecule has 1 aliphatic rings. The van der Waals surface area contributed by atoms with E-state index in [4.69, 9.17) is 10.00 Å². The second-order valence-corrected chi connectivity index (χ2v) is 6.05. The molecular formula is C19H22FNO2. The van der Waals surface area contributed by atoms with Crippen molar-refractivity contribution in [1.29, 1.82) is 5.26 Å². The van der Waals surface area contributed by atoms with Gasteiger partial charge in [-0.2, -0.15) is 9.65 Å². The molecule has 0 aromatic heterocycles. The number of halogens is 1. The first kappa shape index (κ1) is 17.2. The molecule has 0 bridgehead atoms. The number of allylic oxidation sites excluding steroid dienone is 2. The third-order valence-corrected chi connectivity index (χ3v) is 4.27. The Bertz CT molecular complexity index is 593. The van der Waals surface area contributed by atoms with Crippen molar-refractivity contribution >= 4 is 5.97 Å². The lowest BCUT2D eigenvalue weighted by atomic mass is 9.82. The van der Waals surface area contributed by atoms with Crippen LogP contribution in [0.3, 0.4) is 0 Å². The number of hydrogen-bond acceptors (Lipinski definition) is 3. The molecule has 122 valence electrons. The van der Waals surface area contributed by atoms with Gasteiger partial charge in [-0.1, -0.05) is 25.5 Å². The van der Waals surface area contributed by atoms with Crippen molar-refractivity contribution in [3.05, 3.63) is 41.7 Å². The molecule has 1 fully saturated rings. The number of aryl methyl sites for hydroxylation is 1. The van der Waals surface area contributed by atoms with E-state index in [9.17, 15) is 9.18 Å². The molecule has 4 heteroatoms. The van der Waals surface area contributed by atoms with E-state index in [0.717, 1.165) is 12.8 Å². The van der Waals surface area contributed by atoms with Crippen LogP contribution in [0.5, 0.6) is 5.75 Å². The van der Waals surface area contributed by atoms with E-state index >= 15 is 0 Å². The number of nitrogens with zero attached hydrogens (tertiary/aromatic N) is 1. The van der Waals surface area contributed by atoms with Crippen LogP contribution in [0.15, 0.2) is 36.2 Å². The first-order chi connectivity index (χ1) is 11.1. The molecule has 1 saturated carbocycles. The molecule has 1 aliphatic carbocycles. The zero-order chi connectivity index (χ0) is 16.7. The topological polar surface area (TPSA) is 50.1 Å². The van der Waals surface area contributed by atoms with Gasteiger partial charge in [0.1, 0.15) is 11.8 Å². The smallest absolute Gasteiger partial charge is 0.314 e. The van der Waals surface area contributed by atoms with Gasteiger partial charge in [0, 0.05) is 0 Å². The molecule has 0 heterocycles. The standard InChI is InChI=1S/C19H22FNO2/c1-2-3-14-6-10-18(11-7-14)23-19(22)16-8-4-15(5-9-16)12-17(20)13-21/h6-7,10-12,15-16H,2-5,8-9H2,1H3/t15-,16-. The predicted molar refractivity (Wildman–Crippen MR) is 86.3 cm³/mol. The minimum Gasteiger partial charge on any atom is -0.426 e. The summed E-state index contributed by atoms with van der Waals surface area (Å²) in [6.07, 6.45) is 6.25. The maximum Gasteiger partial charge on any atom is 0.314 e. The number of carbonyl (C=O) groups excluding carboxylic acids is 1. The van der Waals surface area contributed by atoms with Gasteiger partial charge in [0.25, 0.3) is 0 Å². The van der Waals surface area contributed by atoms with Gasteiger partial charge in [0.05, 0.1) is 5.92 Å². The van der Waals surface area contributed by atoms with Crippen LogP contribution in [0.4, 0.5) is 4.39 Å². The SMILES string of the molecule is CCCc1ccc(OC(=O)[C@H]2CC[C@H](C=C(F)C#N)CC2)cc1. The van der Waals surface area contributed by atoms with E-state index in [2.05, 4.69) is 6.92 Å². The van der Waals surface area contributed by atoms with E-state index in [0.29, 0.717) is 31.4 Å². The summed E-state index contributed by atoms with van der Waals surface area (Å²) in [6.45, 7) is 2.13. The van der Waals surface area contributed by atoms with Crippen molar-refractivity contribution in [2.24, 2.45) is 11.8 Å². The van der Waals surface area contributed by atoms with Crippen LogP contribution in [0.1, 0.15) is 44.6 Å². The summed E-state index contributed by atoms with van der Waals surface area (Å²) in [4.78, 5) is 12.2. The van der Waals surface area contributed by atoms with Crippen LogP contribution >= 0.6 is 0 Å². The first-order valence-corrected chi connectivity index (χ1v) is 8.20. The van der Waals surface area contributed by atoms with Crippen molar-refractivity contribution in [2.45, 2.75) is 45.4 Å². The fourth-order valence-electron chi connectivity index (χ4n) is 2.98. The minimum atomic E-state index is -0.733. The highest BCUT2D eigenvalue weighted by molar-refractivity contribution is 5.75. The largest absolute Gasteiger partial charge is 0.426 e. The average molecular weight is 315 g/mol.